The largest absolute Gasteiger partial charge is 0.491 e. The lowest BCUT2D eigenvalue weighted by molar-refractivity contribution is 0.0679. The fraction of sp³-hybridized carbons (Fsp3) is 0.143. The third-order valence-corrected chi connectivity index (χ3v) is 3.00. The van der Waals surface area contributed by atoms with Gasteiger partial charge in [-0.1, -0.05) is 0 Å². The van der Waals surface area contributed by atoms with Crippen molar-refractivity contribution in [1.29, 1.82) is 0 Å². The maximum atomic E-state index is 10.8. The Morgan fingerprint density at radius 3 is 2.30 bits per heavy atom. The molecule has 0 unspecified atom stereocenters. The summed E-state index contributed by atoms with van der Waals surface area (Å²) in [6.07, 6.45) is 3.03. The fourth-order valence-corrected chi connectivity index (χ4v) is 1.85. The second-order valence-electron chi connectivity index (χ2n) is 4.61. The average molecular weight is 316 g/mol. The van der Waals surface area contributed by atoms with E-state index in [4.69, 9.17) is 14.9 Å². The number of rotatable bonds is 7. The topological polar surface area (TPSA) is 130 Å². The third kappa shape index (κ3) is 4.60. The molecule has 0 bridgehead atoms. The van der Waals surface area contributed by atoms with Gasteiger partial charge in [0.15, 0.2) is 0 Å². The Bertz CT molecular complexity index is 724. The van der Waals surface area contributed by atoms with Crippen LogP contribution in [0.5, 0.6) is 0 Å². The molecule has 8 nitrogen and oxygen atoms in total. The lowest BCUT2D eigenvalue weighted by Gasteiger charge is -2.09. The molecule has 0 spiro atoms. The molecule has 3 N–H and O–H groups in total. The van der Waals surface area contributed by atoms with Crippen LogP contribution in [0.15, 0.2) is 36.7 Å². The minimum atomic E-state index is -1.29. The molecule has 9 heteroatoms. The van der Waals surface area contributed by atoms with E-state index in [-0.39, 0.29) is 23.5 Å². The Labute approximate surface area is 131 Å². The van der Waals surface area contributed by atoms with E-state index in [2.05, 4.69) is 9.97 Å². The first-order valence-electron chi connectivity index (χ1n) is 6.64. The smallest absolute Gasteiger partial charge is 0.477 e. The van der Waals surface area contributed by atoms with E-state index < -0.39 is 19.1 Å². The summed E-state index contributed by atoms with van der Waals surface area (Å²) in [5.74, 6) is -2.32. The minimum absolute atomic E-state index is 0.0664. The molecule has 0 aliphatic carbocycles. The summed E-state index contributed by atoms with van der Waals surface area (Å²) in [4.78, 5) is 29.0. The normalized spacial score (nSPS) is 10.3. The molecule has 0 atom stereocenters. The second kappa shape index (κ2) is 7.48. The van der Waals surface area contributed by atoms with Crippen molar-refractivity contribution in [2.75, 3.05) is 6.61 Å². The van der Waals surface area contributed by atoms with Gasteiger partial charge in [-0.3, -0.25) is 0 Å². The first kappa shape index (κ1) is 16.6. The molecule has 0 aliphatic rings. The van der Waals surface area contributed by atoms with Gasteiger partial charge in [0.1, 0.15) is 11.4 Å². The van der Waals surface area contributed by atoms with Crippen LogP contribution < -0.4 is 5.46 Å². The van der Waals surface area contributed by atoms with Crippen molar-refractivity contribution >= 4 is 24.5 Å². The van der Waals surface area contributed by atoms with E-state index in [0.29, 0.717) is 12.0 Å². The van der Waals surface area contributed by atoms with Gasteiger partial charge in [0.2, 0.25) is 0 Å². The van der Waals surface area contributed by atoms with E-state index >= 15 is 0 Å². The van der Waals surface area contributed by atoms with Crippen molar-refractivity contribution in [3.63, 3.8) is 0 Å². The summed E-state index contributed by atoms with van der Waals surface area (Å²) < 4.78 is 5.23. The standard InChI is InChI=1S/C14H13BN2O6/c18-13(19)11-7-9(1-4-16-11)3-6-23-15(22)10-2-5-17-12(8-10)14(20)21/h1-2,4-5,7-8,22H,3,6H2,(H,18,19)(H,20,21). The van der Waals surface area contributed by atoms with Gasteiger partial charge in [-0.2, -0.15) is 0 Å². The van der Waals surface area contributed by atoms with Gasteiger partial charge in [0.05, 0.1) is 0 Å². The Balaban J connectivity index is 1.93. The fourth-order valence-electron chi connectivity index (χ4n) is 1.85. The summed E-state index contributed by atoms with van der Waals surface area (Å²) in [7, 11) is -1.29. The lowest BCUT2D eigenvalue weighted by Crippen LogP contribution is -2.35. The number of carboxylic acid groups (broad SMARTS) is 2. The monoisotopic (exact) mass is 316 g/mol. The van der Waals surface area contributed by atoms with Gasteiger partial charge in [-0.15, -0.1) is 0 Å². The Morgan fingerprint density at radius 1 is 1.04 bits per heavy atom. The Kier molecular flexibility index (Phi) is 5.39. The number of hydrogen-bond donors (Lipinski definition) is 3. The summed E-state index contributed by atoms with van der Waals surface area (Å²) in [5.41, 5.74) is 0.720. The zero-order chi connectivity index (χ0) is 16.8. The van der Waals surface area contributed by atoms with Crippen LogP contribution >= 0.6 is 0 Å². The third-order valence-electron chi connectivity index (χ3n) is 3.00. The molecular formula is C14H13BN2O6. The highest BCUT2D eigenvalue weighted by Crippen LogP contribution is 2.04. The van der Waals surface area contributed by atoms with Crippen LogP contribution in [0, 0.1) is 0 Å². The molecule has 23 heavy (non-hydrogen) atoms. The van der Waals surface area contributed by atoms with Gasteiger partial charge in [0, 0.05) is 19.0 Å². The van der Waals surface area contributed by atoms with Crippen LogP contribution in [0.25, 0.3) is 0 Å². The van der Waals surface area contributed by atoms with Crippen molar-refractivity contribution in [3.05, 3.63) is 53.6 Å². The number of aromatic nitrogens is 2. The van der Waals surface area contributed by atoms with Crippen molar-refractivity contribution in [2.24, 2.45) is 0 Å². The maximum absolute atomic E-state index is 10.8. The van der Waals surface area contributed by atoms with E-state index in [1.807, 2.05) is 0 Å². The summed E-state index contributed by atoms with van der Waals surface area (Å²) in [6, 6.07) is 5.75. The zero-order valence-electron chi connectivity index (χ0n) is 11.9. The number of pyridine rings is 2. The van der Waals surface area contributed by atoms with E-state index in [9.17, 15) is 14.6 Å². The van der Waals surface area contributed by atoms with Gasteiger partial charge >= 0.3 is 19.1 Å². The SMILES string of the molecule is O=C(O)c1cc(CCOB(O)c2ccnc(C(=O)O)c2)ccn1. The van der Waals surface area contributed by atoms with Gasteiger partial charge < -0.3 is 19.9 Å². The zero-order valence-corrected chi connectivity index (χ0v) is 11.9. The molecular weight excluding hydrogens is 303 g/mol. The number of nitrogens with zero attached hydrogens (tertiary/aromatic N) is 2. The van der Waals surface area contributed by atoms with E-state index in [0.717, 1.165) is 0 Å². The highest BCUT2D eigenvalue weighted by atomic mass is 16.5. The van der Waals surface area contributed by atoms with Crippen molar-refractivity contribution in [1.82, 2.24) is 9.97 Å². The summed E-state index contributed by atoms with van der Waals surface area (Å²) >= 11 is 0. The molecule has 0 aromatic carbocycles. The molecule has 118 valence electrons. The van der Waals surface area contributed by atoms with Gasteiger partial charge in [0.25, 0.3) is 0 Å². The molecule has 0 amide bonds. The number of carboxylic acids is 2. The number of aromatic carboxylic acids is 2. The number of carbonyl (C=O) groups is 2. The Morgan fingerprint density at radius 2 is 1.65 bits per heavy atom. The van der Waals surface area contributed by atoms with Crippen LogP contribution in [-0.4, -0.2) is 50.9 Å². The van der Waals surface area contributed by atoms with E-state index in [1.165, 1.54) is 30.6 Å². The van der Waals surface area contributed by atoms with Crippen molar-refractivity contribution in [2.45, 2.75) is 6.42 Å². The molecule has 0 saturated heterocycles. The lowest BCUT2D eigenvalue weighted by atomic mass is 9.80. The summed E-state index contributed by atoms with van der Waals surface area (Å²) in [5, 5.41) is 27.6. The van der Waals surface area contributed by atoms with E-state index in [1.54, 1.807) is 6.07 Å². The highest BCUT2D eigenvalue weighted by molar-refractivity contribution is 6.60. The summed E-state index contributed by atoms with van der Waals surface area (Å²) in [6.45, 7) is 0.120. The molecule has 2 rings (SSSR count). The van der Waals surface area contributed by atoms with Crippen molar-refractivity contribution < 1.29 is 29.5 Å². The quantitative estimate of drug-likeness (QED) is 0.600. The van der Waals surface area contributed by atoms with Gasteiger partial charge in [-0.25, -0.2) is 19.6 Å². The maximum Gasteiger partial charge on any atom is 0.491 e. The minimum Gasteiger partial charge on any atom is -0.477 e. The molecule has 2 aromatic rings. The second-order valence-corrected chi connectivity index (χ2v) is 4.61. The first-order chi connectivity index (χ1) is 11.0. The predicted octanol–water partition coefficient (Wildman–Crippen LogP) is -0.180. The van der Waals surface area contributed by atoms with Crippen LogP contribution in [0.1, 0.15) is 26.5 Å². The van der Waals surface area contributed by atoms with Crippen molar-refractivity contribution in [3.8, 4) is 0 Å². The number of hydrogen-bond acceptors (Lipinski definition) is 6. The van der Waals surface area contributed by atoms with Gasteiger partial charge in [-0.05, 0) is 41.7 Å². The van der Waals surface area contributed by atoms with Crippen LogP contribution in [0.3, 0.4) is 0 Å². The van der Waals surface area contributed by atoms with Crippen LogP contribution in [0.4, 0.5) is 0 Å². The highest BCUT2D eigenvalue weighted by Gasteiger charge is 2.18. The molecule has 0 aliphatic heterocycles. The first-order valence-corrected chi connectivity index (χ1v) is 6.64. The average Bonchev–Trinajstić information content (AvgIpc) is 2.55. The molecule has 0 radical (unpaired) electrons. The van der Waals surface area contributed by atoms with Crippen LogP contribution in [0.2, 0.25) is 0 Å². The molecule has 0 saturated carbocycles. The predicted molar refractivity (Wildman–Crippen MR) is 79.7 cm³/mol. The molecule has 0 fully saturated rings. The molecule has 2 heterocycles. The Hall–Kier alpha value is -2.78. The van der Waals surface area contributed by atoms with Crippen LogP contribution in [-0.2, 0) is 11.1 Å². The molecule has 2 aromatic heterocycles.